The molecule has 4 nitrogen and oxygen atoms in total. The summed E-state index contributed by atoms with van der Waals surface area (Å²) in [5, 5.41) is 0. The van der Waals surface area contributed by atoms with Gasteiger partial charge in [-0.1, -0.05) is 12.5 Å². The lowest BCUT2D eigenvalue weighted by molar-refractivity contribution is 0.529. The topological polar surface area (TPSA) is 58.9 Å². The Morgan fingerprint density at radius 2 is 2.14 bits per heavy atom. The first-order chi connectivity index (χ1) is 6.86. The zero-order valence-electron chi connectivity index (χ0n) is 7.90. The molecule has 14 heavy (non-hydrogen) atoms. The SMILES string of the molecule is O=C=N/C1=C/CC(N=C=O)CCCC1. The molecule has 1 aliphatic rings. The largest absolute Gasteiger partial charge is 0.240 e. The molecule has 0 aromatic heterocycles. The van der Waals surface area contributed by atoms with E-state index in [-0.39, 0.29) is 6.04 Å². The number of aliphatic imine (C=N–C) groups is 2. The van der Waals surface area contributed by atoms with Crippen LogP contribution in [-0.2, 0) is 9.59 Å². The van der Waals surface area contributed by atoms with E-state index < -0.39 is 0 Å². The number of isocyanates is 2. The molecule has 0 radical (unpaired) electrons. The second kappa shape index (κ2) is 6.03. The van der Waals surface area contributed by atoms with Gasteiger partial charge in [-0.05, 0) is 25.7 Å². The third kappa shape index (κ3) is 3.48. The molecule has 0 aromatic rings. The Labute approximate surface area is 82.4 Å². The summed E-state index contributed by atoms with van der Waals surface area (Å²) in [6, 6.07) is 0.00431. The molecule has 0 amide bonds. The fourth-order valence-corrected chi connectivity index (χ4v) is 1.53. The van der Waals surface area contributed by atoms with E-state index in [2.05, 4.69) is 9.98 Å². The van der Waals surface area contributed by atoms with Crippen LogP contribution in [-0.4, -0.2) is 18.2 Å². The van der Waals surface area contributed by atoms with E-state index >= 15 is 0 Å². The molecule has 0 spiro atoms. The van der Waals surface area contributed by atoms with Gasteiger partial charge < -0.3 is 0 Å². The summed E-state index contributed by atoms with van der Waals surface area (Å²) in [4.78, 5) is 27.4. The van der Waals surface area contributed by atoms with Gasteiger partial charge in [-0.15, -0.1) is 0 Å². The van der Waals surface area contributed by atoms with Crippen LogP contribution >= 0.6 is 0 Å². The zero-order valence-corrected chi connectivity index (χ0v) is 7.90. The lowest BCUT2D eigenvalue weighted by Crippen LogP contribution is -2.05. The molecule has 1 unspecified atom stereocenters. The maximum Gasteiger partial charge on any atom is 0.240 e. The van der Waals surface area contributed by atoms with Gasteiger partial charge in [-0.25, -0.2) is 14.6 Å². The number of carbonyl (C=O) groups excluding carboxylic acids is 2. The molecule has 4 heteroatoms. The Morgan fingerprint density at radius 3 is 2.86 bits per heavy atom. The van der Waals surface area contributed by atoms with Crippen LogP contribution in [0.15, 0.2) is 21.8 Å². The molecule has 0 aliphatic heterocycles. The normalized spacial score (nSPS) is 25.7. The van der Waals surface area contributed by atoms with Crippen LogP contribution in [0.2, 0.25) is 0 Å². The van der Waals surface area contributed by atoms with Gasteiger partial charge in [0, 0.05) is 5.70 Å². The van der Waals surface area contributed by atoms with Gasteiger partial charge in [0.15, 0.2) is 0 Å². The number of rotatable bonds is 2. The summed E-state index contributed by atoms with van der Waals surface area (Å²) < 4.78 is 0. The van der Waals surface area contributed by atoms with E-state index in [1.807, 2.05) is 6.08 Å². The molecule has 0 N–H and O–H groups in total. The Balaban J connectivity index is 2.67. The third-order valence-corrected chi connectivity index (χ3v) is 2.27. The fourth-order valence-electron chi connectivity index (χ4n) is 1.53. The summed E-state index contributed by atoms with van der Waals surface area (Å²) in [6.07, 6.45) is 9.32. The average molecular weight is 192 g/mol. The summed E-state index contributed by atoms with van der Waals surface area (Å²) in [6.45, 7) is 0. The van der Waals surface area contributed by atoms with E-state index in [0.29, 0.717) is 6.42 Å². The van der Waals surface area contributed by atoms with E-state index in [4.69, 9.17) is 0 Å². The summed E-state index contributed by atoms with van der Waals surface area (Å²) in [7, 11) is 0. The van der Waals surface area contributed by atoms with E-state index in [0.717, 1.165) is 31.4 Å². The average Bonchev–Trinajstić information content (AvgIpc) is 2.15. The zero-order chi connectivity index (χ0) is 10.2. The lowest BCUT2D eigenvalue weighted by Gasteiger charge is -2.11. The molecule has 0 saturated carbocycles. The monoisotopic (exact) mass is 192 g/mol. The van der Waals surface area contributed by atoms with Crippen LogP contribution in [0.25, 0.3) is 0 Å². The van der Waals surface area contributed by atoms with Gasteiger partial charge in [0.25, 0.3) is 0 Å². The van der Waals surface area contributed by atoms with Crippen molar-refractivity contribution in [2.45, 2.75) is 38.1 Å². The number of allylic oxidation sites excluding steroid dienone is 1. The molecule has 1 aliphatic carbocycles. The highest BCUT2D eigenvalue weighted by atomic mass is 16.1. The molecule has 0 bridgehead atoms. The highest BCUT2D eigenvalue weighted by Gasteiger charge is 2.09. The van der Waals surface area contributed by atoms with Gasteiger partial charge in [-0.3, -0.25) is 0 Å². The van der Waals surface area contributed by atoms with Crippen LogP contribution in [0.5, 0.6) is 0 Å². The predicted molar refractivity (Wildman–Crippen MR) is 51.2 cm³/mol. The van der Waals surface area contributed by atoms with Gasteiger partial charge in [0.05, 0.1) is 6.04 Å². The molecule has 0 saturated heterocycles. The number of hydrogen-bond acceptors (Lipinski definition) is 4. The number of nitrogens with zero attached hydrogens (tertiary/aromatic N) is 2. The van der Waals surface area contributed by atoms with E-state index in [9.17, 15) is 9.59 Å². The van der Waals surface area contributed by atoms with Crippen LogP contribution in [0.4, 0.5) is 0 Å². The van der Waals surface area contributed by atoms with E-state index in [1.54, 1.807) is 6.08 Å². The molecular formula is C10H12N2O2. The maximum atomic E-state index is 10.1. The molecule has 0 fully saturated rings. The second-order valence-electron chi connectivity index (χ2n) is 3.25. The van der Waals surface area contributed by atoms with Crippen LogP contribution in [0.3, 0.4) is 0 Å². The van der Waals surface area contributed by atoms with Crippen molar-refractivity contribution in [3.05, 3.63) is 11.8 Å². The van der Waals surface area contributed by atoms with E-state index in [1.165, 1.54) is 6.08 Å². The van der Waals surface area contributed by atoms with Crippen LogP contribution in [0.1, 0.15) is 32.1 Å². The van der Waals surface area contributed by atoms with Crippen molar-refractivity contribution in [3.8, 4) is 0 Å². The van der Waals surface area contributed by atoms with Crippen molar-refractivity contribution in [2.24, 2.45) is 9.98 Å². The summed E-state index contributed by atoms with van der Waals surface area (Å²) >= 11 is 0. The smallest absolute Gasteiger partial charge is 0.211 e. The first-order valence-electron chi connectivity index (χ1n) is 4.70. The fraction of sp³-hybridized carbons (Fsp3) is 0.600. The third-order valence-electron chi connectivity index (χ3n) is 2.27. The maximum absolute atomic E-state index is 10.1. The first-order valence-corrected chi connectivity index (χ1v) is 4.70. The van der Waals surface area contributed by atoms with Crippen LogP contribution < -0.4 is 0 Å². The summed E-state index contributed by atoms with van der Waals surface area (Å²) in [5.74, 6) is 0. The van der Waals surface area contributed by atoms with Crippen LogP contribution in [0, 0.1) is 0 Å². The van der Waals surface area contributed by atoms with Crippen molar-refractivity contribution >= 4 is 12.2 Å². The quantitative estimate of drug-likeness (QED) is 0.495. The van der Waals surface area contributed by atoms with Crippen molar-refractivity contribution in [1.29, 1.82) is 0 Å². The van der Waals surface area contributed by atoms with Crippen molar-refractivity contribution in [3.63, 3.8) is 0 Å². The predicted octanol–water partition coefficient (Wildman–Crippen LogP) is 1.87. The molecular weight excluding hydrogens is 180 g/mol. The minimum atomic E-state index is 0.00431. The first kappa shape index (κ1) is 10.6. The minimum absolute atomic E-state index is 0.00431. The molecule has 0 aromatic carbocycles. The van der Waals surface area contributed by atoms with Gasteiger partial charge in [-0.2, -0.15) is 4.99 Å². The number of hydrogen-bond donors (Lipinski definition) is 0. The standard InChI is InChI=1S/C10H12N2O2/c13-7-11-9-3-1-2-4-10(6-5-9)12-8-14/h5,10H,1-4,6H2/b9-5+. The molecule has 74 valence electrons. The minimum Gasteiger partial charge on any atom is -0.211 e. The van der Waals surface area contributed by atoms with Crippen molar-refractivity contribution < 1.29 is 9.59 Å². The molecule has 1 rings (SSSR count). The van der Waals surface area contributed by atoms with Gasteiger partial charge in [0.1, 0.15) is 0 Å². The Morgan fingerprint density at radius 1 is 1.29 bits per heavy atom. The summed E-state index contributed by atoms with van der Waals surface area (Å²) in [5.41, 5.74) is 0.755. The van der Waals surface area contributed by atoms with Crippen molar-refractivity contribution in [2.75, 3.05) is 0 Å². The Kier molecular flexibility index (Phi) is 4.56. The lowest BCUT2D eigenvalue weighted by atomic mass is 10.0. The van der Waals surface area contributed by atoms with Gasteiger partial charge >= 0.3 is 0 Å². The van der Waals surface area contributed by atoms with Crippen molar-refractivity contribution in [1.82, 2.24) is 0 Å². The highest BCUT2D eigenvalue weighted by molar-refractivity contribution is 5.37. The highest BCUT2D eigenvalue weighted by Crippen LogP contribution is 2.19. The van der Waals surface area contributed by atoms with Gasteiger partial charge in [0.2, 0.25) is 12.2 Å². The Hall–Kier alpha value is -1.50. The molecule has 0 heterocycles. The second-order valence-corrected chi connectivity index (χ2v) is 3.25. The Bertz CT molecular complexity index is 310. The molecule has 1 atom stereocenters.